The van der Waals surface area contributed by atoms with Crippen molar-refractivity contribution in [2.45, 2.75) is 51.2 Å². The summed E-state index contributed by atoms with van der Waals surface area (Å²) in [4.78, 5) is 38.5. The van der Waals surface area contributed by atoms with Crippen LogP contribution in [0.15, 0.2) is 47.3 Å². The second-order valence-corrected chi connectivity index (χ2v) is 10.5. The van der Waals surface area contributed by atoms with E-state index in [2.05, 4.69) is 10.3 Å². The number of ketones is 1. The summed E-state index contributed by atoms with van der Waals surface area (Å²) in [7, 11) is 0. The van der Waals surface area contributed by atoms with Crippen molar-refractivity contribution in [3.63, 3.8) is 0 Å². The van der Waals surface area contributed by atoms with Gasteiger partial charge in [-0.2, -0.15) is 13.2 Å². The number of aliphatic carboxylic acids is 1. The fourth-order valence-electron chi connectivity index (χ4n) is 5.87. The number of carbonyl (C=O) groups excluding carboxylic acids is 1. The second kappa shape index (κ2) is 10.8. The van der Waals surface area contributed by atoms with E-state index in [9.17, 15) is 32.7 Å². The van der Waals surface area contributed by atoms with E-state index in [1.165, 1.54) is 12.8 Å². The van der Waals surface area contributed by atoms with Crippen molar-refractivity contribution in [3.8, 4) is 5.75 Å². The van der Waals surface area contributed by atoms with E-state index in [1.54, 1.807) is 24.3 Å². The zero-order valence-corrected chi connectivity index (χ0v) is 21.1. The third-order valence-electron chi connectivity index (χ3n) is 7.97. The van der Waals surface area contributed by atoms with E-state index in [-0.39, 0.29) is 23.2 Å². The number of benzene rings is 2. The number of rotatable bonds is 8. The molecule has 1 heterocycles. The van der Waals surface area contributed by atoms with Gasteiger partial charge >= 0.3 is 12.1 Å². The van der Waals surface area contributed by atoms with Crippen molar-refractivity contribution < 1.29 is 32.6 Å². The molecule has 0 saturated heterocycles. The van der Waals surface area contributed by atoms with Crippen LogP contribution in [0.1, 0.15) is 54.4 Å². The Morgan fingerprint density at radius 2 is 1.74 bits per heavy atom. The molecule has 8 nitrogen and oxygen atoms in total. The summed E-state index contributed by atoms with van der Waals surface area (Å²) in [5, 5.41) is 17.4. The van der Waals surface area contributed by atoms with Gasteiger partial charge in [0, 0.05) is 11.5 Å². The maximum atomic E-state index is 13.3. The average molecular weight is 544 g/mol. The Morgan fingerprint density at radius 1 is 1.03 bits per heavy atom. The molecule has 2 aromatic carbocycles. The minimum atomic E-state index is -4.64. The van der Waals surface area contributed by atoms with Gasteiger partial charge in [0.05, 0.1) is 30.0 Å². The van der Waals surface area contributed by atoms with Gasteiger partial charge in [0.1, 0.15) is 11.3 Å². The molecular formula is C28H28F3N3O5. The van der Waals surface area contributed by atoms with E-state index in [0.29, 0.717) is 36.7 Å². The molecule has 2 aliphatic rings. The first-order valence-electron chi connectivity index (χ1n) is 13.1. The molecule has 0 radical (unpaired) electrons. The largest absolute Gasteiger partial charge is 0.493 e. The monoisotopic (exact) mass is 543 g/mol. The minimum Gasteiger partial charge on any atom is -0.493 e. The number of carboxylic acids is 1. The molecule has 5 rings (SSSR count). The number of fused-ring (bicyclic) bond motifs is 1. The Balaban J connectivity index is 1.31. The molecule has 2 aliphatic carbocycles. The quantitative estimate of drug-likeness (QED) is 0.399. The number of alkyl halides is 3. The van der Waals surface area contributed by atoms with Crippen LogP contribution in [0.25, 0.3) is 10.9 Å². The average Bonchev–Trinajstić information content (AvgIpc) is 3.58. The zero-order chi connectivity index (χ0) is 27.7. The van der Waals surface area contributed by atoms with Crippen LogP contribution in [-0.4, -0.2) is 38.5 Å². The Kier molecular flexibility index (Phi) is 7.42. The summed E-state index contributed by atoms with van der Waals surface area (Å²) in [6.45, 7) is 0.458. The standard InChI is InChI=1S/C28H28F3N3O5/c29-28(30,31)19-8-12-23-22(13-19)26(36)34(33-32-23)14-18-7-11-21(24(18)27(37)38)25(35)17-5-9-20(10-6-17)39-15-16-3-1-2-4-16/h5-6,8-10,12-13,16,18,21,24H,1-4,7,11,14-15H2,(H,37,38)/t18-,21-,24-/m0/s1. The lowest BCUT2D eigenvalue weighted by Gasteiger charge is -2.21. The lowest BCUT2D eigenvalue weighted by molar-refractivity contribution is -0.144. The maximum Gasteiger partial charge on any atom is 0.416 e. The van der Waals surface area contributed by atoms with Gasteiger partial charge in [-0.25, -0.2) is 4.68 Å². The van der Waals surface area contributed by atoms with Crippen LogP contribution in [0, 0.1) is 23.7 Å². The molecular weight excluding hydrogens is 515 g/mol. The smallest absolute Gasteiger partial charge is 0.416 e. The highest BCUT2D eigenvalue weighted by molar-refractivity contribution is 6.00. The summed E-state index contributed by atoms with van der Waals surface area (Å²) < 4.78 is 46.2. The first-order chi connectivity index (χ1) is 18.6. The molecule has 3 atom stereocenters. The number of nitrogens with zero attached hydrogens (tertiary/aromatic N) is 3. The number of hydrogen-bond donors (Lipinski definition) is 1. The number of ether oxygens (including phenoxy) is 1. The molecule has 39 heavy (non-hydrogen) atoms. The molecule has 11 heteroatoms. The molecule has 3 aromatic rings. The van der Waals surface area contributed by atoms with Crippen LogP contribution in [0.4, 0.5) is 13.2 Å². The third kappa shape index (κ3) is 5.67. The number of carboxylic acid groups (broad SMARTS) is 1. The molecule has 1 N–H and O–H groups in total. The number of Topliss-reactive ketones (excluding diaryl/α,β-unsaturated/α-hetero) is 1. The van der Waals surface area contributed by atoms with E-state index < -0.39 is 41.0 Å². The SMILES string of the molecule is O=C(O)[C@H]1[C@H](Cn2nnc3ccc(C(F)(F)F)cc3c2=O)CC[C@@H]1C(=O)c1ccc(OCC2CCCC2)cc1. The van der Waals surface area contributed by atoms with Crippen LogP contribution in [-0.2, 0) is 17.5 Å². The summed E-state index contributed by atoms with van der Waals surface area (Å²) in [5.74, 6) is -2.79. The van der Waals surface area contributed by atoms with Gasteiger partial charge in [-0.15, -0.1) is 5.10 Å². The summed E-state index contributed by atoms with van der Waals surface area (Å²) in [5.41, 5.74) is -1.40. The van der Waals surface area contributed by atoms with Crippen molar-refractivity contribution in [2.75, 3.05) is 6.61 Å². The molecule has 0 unspecified atom stereocenters. The lowest BCUT2D eigenvalue weighted by Crippen LogP contribution is -2.34. The Morgan fingerprint density at radius 3 is 2.41 bits per heavy atom. The third-order valence-corrected chi connectivity index (χ3v) is 7.97. The molecule has 0 bridgehead atoms. The highest BCUT2D eigenvalue weighted by Gasteiger charge is 2.45. The van der Waals surface area contributed by atoms with E-state index in [0.717, 1.165) is 35.7 Å². The fraction of sp³-hybridized carbons (Fsp3) is 0.464. The predicted octanol–water partition coefficient (Wildman–Crippen LogP) is 4.99. The number of halogens is 3. The highest BCUT2D eigenvalue weighted by Crippen LogP contribution is 2.40. The van der Waals surface area contributed by atoms with Gasteiger partial charge in [-0.1, -0.05) is 18.1 Å². The van der Waals surface area contributed by atoms with E-state index >= 15 is 0 Å². The summed E-state index contributed by atoms with van der Waals surface area (Å²) >= 11 is 0. The van der Waals surface area contributed by atoms with Crippen LogP contribution in [0.5, 0.6) is 5.75 Å². The molecule has 0 amide bonds. The van der Waals surface area contributed by atoms with Crippen LogP contribution in [0.3, 0.4) is 0 Å². The van der Waals surface area contributed by atoms with Crippen molar-refractivity contribution in [3.05, 3.63) is 63.9 Å². The van der Waals surface area contributed by atoms with Crippen molar-refractivity contribution in [1.29, 1.82) is 0 Å². The molecule has 0 aliphatic heterocycles. The number of aromatic nitrogens is 3. The predicted molar refractivity (Wildman–Crippen MR) is 134 cm³/mol. The first-order valence-corrected chi connectivity index (χ1v) is 13.1. The summed E-state index contributed by atoms with van der Waals surface area (Å²) in [6.07, 6.45) is 0.746. The Hall–Kier alpha value is -3.76. The van der Waals surface area contributed by atoms with Crippen molar-refractivity contribution in [2.24, 2.45) is 23.7 Å². The molecule has 2 fully saturated rings. The number of carbonyl (C=O) groups is 2. The van der Waals surface area contributed by atoms with Crippen molar-refractivity contribution >= 4 is 22.7 Å². The van der Waals surface area contributed by atoms with Gasteiger partial charge in [-0.3, -0.25) is 14.4 Å². The van der Waals surface area contributed by atoms with Crippen LogP contribution < -0.4 is 10.3 Å². The fourth-order valence-corrected chi connectivity index (χ4v) is 5.87. The van der Waals surface area contributed by atoms with E-state index in [4.69, 9.17) is 4.74 Å². The molecule has 0 spiro atoms. The highest BCUT2D eigenvalue weighted by atomic mass is 19.4. The molecule has 2 saturated carbocycles. The molecule has 1 aromatic heterocycles. The van der Waals surface area contributed by atoms with Gasteiger partial charge in [0.25, 0.3) is 5.56 Å². The Labute approximate surface area is 221 Å². The van der Waals surface area contributed by atoms with Gasteiger partial charge < -0.3 is 9.84 Å². The normalized spacial score (nSPS) is 21.9. The maximum absolute atomic E-state index is 13.3. The van der Waals surface area contributed by atoms with Gasteiger partial charge in [-0.05, 0) is 80.0 Å². The minimum absolute atomic E-state index is 0.00850. The zero-order valence-electron chi connectivity index (χ0n) is 21.1. The summed E-state index contributed by atoms with van der Waals surface area (Å²) in [6, 6.07) is 9.31. The Bertz CT molecular complexity index is 1430. The first kappa shape index (κ1) is 26.8. The van der Waals surface area contributed by atoms with Gasteiger partial charge in [0.15, 0.2) is 5.78 Å². The van der Waals surface area contributed by atoms with Crippen LogP contribution >= 0.6 is 0 Å². The lowest BCUT2D eigenvalue weighted by atomic mass is 9.84. The van der Waals surface area contributed by atoms with Crippen molar-refractivity contribution in [1.82, 2.24) is 15.0 Å². The van der Waals surface area contributed by atoms with Gasteiger partial charge in [0.2, 0.25) is 0 Å². The van der Waals surface area contributed by atoms with Crippen LogP contribution in [0.2, 0.25) is 0 Å². The number of hydrogen-bond acceptors (Lipinski definition) is 6. The van der Waals surface area contributed by atoms with E-state index in [1.807, 2.05) is 0 Å². The topological polar surface area (TPSA) is 111 Å². The second-order valence-electron chi connectivity index (χ2n) is 10.5. The molecule has 206 valence electrons.